The maximum Gasteiger partial charge on any atom is 0.277 e. The number of phenolic OH excluding ortho intramolecular Hbond substituents is 1. The highest BCUT2D eigenvalue weighted by molar-refractivity contribution is 5.84. The van der Waals surface area contributed by atoms with Gasteiger partial charge in [0.05, 0.1) is 32.7 Å². The van der Waals surface area contributed by atoms with Crippen molar-refractivity contribution in [3.63, 3.8) is 0 Å². The number of quaternary nitrogens is 1. The molecule has 7 heteroatoms. The van der Waals surface area contributed by atoms with Gasteiger partial charge < -0.3 is 25.1 Å². The Morgan fingerprint density at radius 1 is 1.26 bits per heavy atom. The van der Waals surface area contributed by atoms with Crippen LogP contribution < -0.4 is 15.1 Å². The molecule has 0 bridgehead atoms. The number of anilines is 1. The van der Waals surface area contributed by atoms with Gasteiger partial charge in [-0.15, -0.1) is 0 Å². The quantitative estimate of drug-likeness (QED) is 0.604. The van der Waals surface area contributed by atoms with Crippen LogP contribution in [0.4, 0.5) is 5.69 Å². The van der Waals surface area contributed by atoms with E-state index in [4.69, 9.17) is 0 Å². The minimum Gasteiger partial charge on any atom is -0.508 e. The van der Waals surface area contributed by atoms with Crippen LogP contribution in [0.1, 0.15) is 0 Å². The van der Waals surface area contributed by atoms with Crippen LogP contribution in [0.3, 0.4) is 0 Å². The highest BCUT2D eigenvalue weighted by Crippen LogP contribution is 2.17. The lowest BCUT2D eigenvalue weighted by atomic mass is 10.2. The van der Waals surface area contributed by atoms with Gasteiger partial charge in [0, 0.05) is 19.8 Å². The van der Waals surface area contributed by atoms with E-state index in [0.29, 0.717) is 6.54 Å². The number of carbonyl (C=O) groups is 2. The summed E-state index contributed by atoms with van der Waals surface area (Å²) >= 11 is 0. The topological polar surface area (TPSA) is 77.3 Å². The summed E-state index contributed by atoms with van der Waals surface area (Å²) in [4.78, 5) is 28.4. The second-order valence-corrected chi connectivity index (χ2v) is 5.85. The first-order valence-corrected chi connectivity index (χ1v) is 7.81. The van der Waals surface area contributed by atoms with Crippen LogP contribution in [-0.4, -0.2) is 75.2 Å². The zero-order chi connectivity index (χ0) is 16.8. The standard InChI is InChI=1S/C16H24N4O3/c1-17-15(22)11-18(2)16(23)12-19-7-9-20(10-8-19)13-3-5-14(21)6-4-13/h3-6,21H,7-12H2,1-2H3,(H,17,22)/p+1. The van der Waals surface area contributed by atoms with Crippen molar-refractivity contribution >= 4 is 17.5 Å². The molecule has 1 heterocycles. The summed E-state index contributed by atoms with van der Waals surface area (Å²) in [5.41, 5.74) is 1.09. The Hall–Kier alpha value is -2.28. The number of benzene rings is 1. The predicted octanol–water partition coefficient (Wildman–Crippen LogP) is -1.70. The minimum absolute atomic E-state index is 0.0123. The van der Waals surface area contributed by atoms with E-state index >= 15 is 0 Å². The first kappa shape index (κ1) is 17.1. The van der Waals surface area contributed by atoms with Crippen molar-refractivity contribution in [3.8, 4) is 5.75 Å². The van der Waals surface area contributed by atoms with Crippen molar-refractivity contribution in [1.82, 2.24) is 10.2 Å². The SMILES string of the molecule is CNC(=O)CN(C)C(=O)C[NH+]1CCN(c2ccc(O)cc2)CC1. The Kier molecular flexibility index (Phi) is 5.81. The summed E-state index contributed by atoms with van der Waals surface area (Å²) < 4.78 is 0. The summed E-state index contributed by atoms with van der Waals surface area (Å²) in [6, 6.07) is 7.18. The minimum atomic E-state index is -0.159. The molecule has 1 aliphatic heterocycles. The monoisotopic (exact) mass is 321 g/mol. The number of piperazine rings is 1. The fourth-order valence-electron chi connectivity index (χ4n) is 2.65. The molecule has 0 spiro atoms. The number of rotatable bonds is 5. The molecule has 126 valence electrons. The Labute approximate surface area is 136 Å². The zero-order valence-corrected chi connectivity index (χ0v) is 13.7. The number of nitrogens with zero attached hydrogens (tertiary/aromatic N) is 2. The molecule has 0 aliphatic carbocycles. The maximum atomic E-state index is 12.1. The molecule has 1 fully saturated rings. The van der Waals surface area contributed by atoms with Gasteiger partial charge in [0.15, 0.2) is 6.54 Å². The van der Waals surface area contributed by atoms with Gasteiger partial charge in [-0.05, 0) is 24.3 Å². The predicted molar refractivity (Wildman–Crippen MR) is 87.6 cm³/mol. The smallest absolute Gasteiger partial charge is 0.277 e. The third kappa shape index (κ3) is 4.85. The molecular formula is C16H25N4O3+. The lowest BCUT2D eigenvalue weighted by Gasteiger charge is -2.33. The number of phenols is 1. The summed E-state index contributed by atoms with van der Waals surface area (Å²) in [5, 5.41) is 11.9. The van der Waals surface area contributed by atoms with Crippen molar-refractivity contribution < 1.29 is 19.6 Å². The number of nitrogens with one attached hydrogen (secondary N) is 2. The van der Waals surface area contributed by atoms with Crippen molar-refractivity contribution in [2.75, 3.05) is 58.3 Å². The number of hydrogen-bond donors (Lipinski definition) is 3. The fourth-order valence-corrected chi connectivity index (χ4v) is 2.65. The molecule has 0 unspecified atom stereocenters. The summed E-state index contributed by atoms with van der Waals surface area (Å²) in [7, 11) is 3.22. The van der Waals surface area contributed by atoms with Crippen LogP contribution in [0, 0.1) is 0 Å². The molecule has 0 radical (unpaired) electrons. The van der Waals surface area contributed by atoms with Gasteiger partial charge in [-0.25, -0.2) is 0 Å². The van der Waals surface area contributed by atoms with Crippen LogP contribution >= 0.6 is 0 Å². The van der Waals surface area contributed by atoms with Crippen molar-refractivity contribution in [2.45, 2.75) is 0 Å². The zero-order valence-electron chi connectivity index (χ0n) is 13.7. The molecule has 1 aliphatic rings. The van der Waals surface area contributed by atoms with Crippen LogP contribution in [0.25, 0.3) is 0 Å². The van der Waals surface area contributed by atoms with E-state index in [-0.39, 0.29) is 24.1 Å². The maximum absolute atomic E-state index is 12.1. The molecule has 23 heavy (non-hydrogen) atoms. The first-order valence-electron chi connectivity index (χ1n) is 7.81. The van der Waals surface area contributed by atoms with Crippen LogP contribution in [0.2, 0.25) is 0 Å². The normalized spacial score (nSPS) is 15.3. The molecule has 0 saturated carbocycles. The third-order valence-corrected chi connectivity index (χ3v) is 4.17. The first-order chi connectivity index (χ1) is 11.0. The van der Waals surface area contributed by atoms with E-state index in [1.165, 1.54) is 9.80 Å². The molecule has 3 N–H and O–H groups in total. The lowest BCUT2D eigenvalue weighted by molar-refractivity contribution is -0.892. The molecule has 0 aromatic heterocycles. The van der Waals surface area contributed by atoms with Crippen molar-refractivity contribution in [3.05, 3.63) is 24.3 Å². The van der Waals surface area contributed by atoms with E-state index in [1.807, 2.05) is 12.1 Å². The van der Waals surface area contributed by atoms with E-state index in [2.05, 4.69) is 10.2 Å². The van der Waals surface area contributed by atoms with Gasteiger partial charge in [0.1, 0.15) is 5.75 Å². The Bertz CT molecular complexity index is 539. The highest BCUT2D eigenvalue weighted by atomic mass is 16.3. The van der Waals surface area contributed by atoms with Crippen molar-refractivity contribution in [1.29, 1.82) is 0 Å². The Morgan fingerprint density at radius 2 is 1.87 bits per heavy atom. The van der Waals surface area contributed by atoms with E-state index in [0.717, 1.165) is 31.9 Å². The Balaban J connectivity index is 1.79. The molecule has 7 nitrogen and oxygen atoms in total. The van der Waals surface area contributed by atoms with Gasteiger partial charge >= 0.3 is 0 Å². The van der Waals surface area contributed by atoms with Crippen molar-refractivity contribution in [2.24, 2.45) is 0 Å². The third-order valence-electron chi connectivity index (χ3n) is 4.17. The number of amides is 2. The summed E-state index contributed by atoms with van der Waals surface area (Å²) in [6.07, 6.45) is 0. The molecule has 1 aromatic rings. The molecule has 1 aromatic carbocycles. The van der Waals surface area contributed by atoms with Crippen LogP contribution in [0.15, 0.2) is 24.3 Å². The number of carbonyl (C=O) groups excluding carboxylic acids is 2. The molecule has 2 amide bonds. The van der Waals surface area contributed by atoms with Gasteiger partial charge in [0.25, 0.3) is 5.91 Å². The largest absolute Gasteiger partial charge is 0.508 e. The lowest BCUT2D eigenvalue weighted by Crippen LogP contribution is -3.15. The molecule has 2 rings (SSSR count). The Morgan fingerprint density at radius 3 is 2.43 bits per heavy atom. The molecule has 0 atom stereocenters. The van der Waals surface area contributed by atoms with E-state index < -0.39 is 0 Å². The van der Waals surface area contributed by atoms with Crippen LogP contribution in [-0.2, 0) is 9.59 Å². The summed E-state index contributed by atoms with van der Waals surface area (Å²) in [6.45, 7) is 4.00. The average molecular weight is 321 g/mol. The van der Waals surface area contributed by atoms with Crippen LogP contribution in [0.5, 0.6) is 5.75 Å². The summed E-state index contributed by atoms with van der Waals surface area (Å²) in [5.74, 6) is 0.0949. The second kappa shape index (κ2) is 7.82. The average Bonchev–Trinajstić information content (AvgIpc) is 2.56. The van der Waals surface area contributed by atoms with Gasteiger partial charge in [-0.3, -0.25) is 9.59 Å². The molecular weight excluding hydrogens is 296 g/mol. The van der Waals surface area contributed by atoms with Gasteiger partial charge in [-0.1, -0.05) is 0 Å². The fraction of sp³-hybridized carbons (Fsp3) is 0.500. The van der Waals surface area contributed by atoms with Gasteiger partial charge in [0.2, 0.25) is 5.91 Å². The number of hydrogen-bond acceptors (Lipinski definition) is 4. The molecule has 1 saturated heterocycles. The number of aromatic hydroxyl groups is 1. The highest BCUT2D eigenvalue weighted by Gasteiger charge is 2.24. The van der Waals surface area contributed by atoms with E-state index in [1.54, 1.807) is 26.2 Å². The van der Waals surface area contributed by atoms with E-state index in [9.17, 15) is 14.7 Å². The second-order valence-electron chi connectivity index (χ2n) is 5.85. The van der Waals surface area contributed by atoms with Gasteiger partial charge in [-0.2, -0.15) is 0 Å². The number of likely N-dealkylation sites (N-methyl/N-ethyl adjacent to an activating group) is 2.